The monoisotopic (exact) mass is 251 g/mol. The lowest BCUT2D eigenvalue weighted by molar-refractivity contribution is -0.910. The van der Waals surface area contributed by atoms with Gasteiger partial charge in [0.25, 0.3) is 0 Å². The van der Waals surface area contributed by atoms with Crippen molar-refractivity contribution in [3.05, 3.63) is 0 Å². The van der Waals surface area contributed by atoms with Crippen LogP contribution >= 0.6 is 0 Å². The Kier molecular flexibility index (Phi) is 9.83. The number of quaternary nitrogens is 1. The lowest BCUT2D eigenvalue weighted by Gasteiger charge is -2.32. The van der Waals surface area contributed by atoms with E-state index in [1.807, 2.05) is 7.05 Å². The van der Waals surface area contributed by atoms with E-state index in [1.165, 1.54) is 0 Å². The zero-order chi connectivity index (χ0) is 13.2. The highest BCUT2D eigenvalue weighted by Crippen LogP contribution is 2.06. The van der Waals surface area contributed by atoms with Crippen molar-refractivity contribution in [2.75, 3.05) is 46.5 Å². The van der Waals surface area contributed by atoms with Crippen molar-refractivity contribution in [1.82, 2.24) is 0 Å². The fraction of sp³-hybridized carbons (Fsp3) is 1.00. The number of rotatable bonds is 6. The van der Waals surface area contributed by atoms with Crippen LogP contribution in [0, 0.1) is 0 Å². The van der Waals surface area contributed by atoms with Crippen molar-refractivity contribution in [1.29, 1.82) is 0 Å². The molecule has 16 heavy (non-hydrogen) atoms. The summed E-state index contributed by atoms with van der Waals surface area (Å²) in [5.74, 6) is 0. The molecule has 0 aliphatic carbocycles. The molecule has 0 atom stereocenters. The van der Waals surface area contributed by atoms with Gasteiger partial charge < -0.3 is 37.1 Å². The van der Waals surface area contributed by atoms with Crippen LogP contribution < -0.4 is 0 Å². The van der Waals surface area contributed by atoms with Crippen LogP contribution in [0.1, 0.15) is 0 Å². The van der Waals surface area contributed by atoms with Crippen molar-refractivity contribution in [2.24, 2.45) is 0 Å². The zero-order valence-electron chi connectivity index (χ0n) is 9.12. The zero-order valence-corrected chi connectivity index (χ0v) is 9.12. The lowest BCUT2D eigenvalue weighted by atomic mass is 10.3. The molecule has 0 aromatic rings. The Bertz CT molecular complexity index is 147. The second kappa shape index (κ2) is 8.74. The fourth-order valence-corrected chi connectivity index (χ4v) is 1.06. The number of halogens is 4. The number of likely N-dealkylation sites (N-methyl/N-ethyl adjacent to an activating group) is 1. The van der Waals surface area contributed by atoms with Gasteiger partial charge in [-0.15, -0.1) is 0 Å². The molecule has 4 nitrogen and oxygen atoms in total. The summed E-state index contributed by atoms with van der Waals surface area (Å²) in [5.41, 5.74) is 0. The van der Waals surface area contributed by atoms with Crippen molar-refractivity contribution in [3.63, 3.8) is 0 Å². The summed E-state index contributed by atoms with van der Waals surface area (Å²) in [6, 6.07) is 0. The fourth-order valence-electron chi connectivity index (χ4n) is 1.06. The molecule has 0 amide bonds. The Morgan fingerprint density at radius 1 is 0.812 bits per heavy atom. The summed E-state index contributed by atoms with van der Waals surface area (Å²) in [6.07, 6.45) is 0. The highest BCUT2D eigenvalue weighted by Gasteiger charge is 2.20. The van der Waals surface area contributed by atoms with Crippen LogP contribution in [0.5, 0.6) is 0 Å². The van der Waals surface area contributed by atoms with E-state index < -0.39 is 7.25 Å². The number of aliphatic hydroxyl groups excluding tert-OH is 3. The molecule has 0 fully saturated rings. The van der Waals surface area contributed by atoms with Gasteiger partial charge in [-0.1, -0.05) is 0 Å². The molecule has 9 heteroatoms. The molecule has 0 rings (SSSR count). The normalized spacial score (nSPS) is 12.0. The molecule has 0 bridgehead atoms. The summed E-state index contributed by atoms with van der Waals surface area (Å²) >= 11 is 0. The Morgan fingerprint density at radius 2 is 1.00 bits per heavy atom. The molecule has 0 aliphatic heterocycles. The third-order valence-corrected chi connectivity index (χ3v) is 1.92. The number of hydrogen-bond donors (Lipinski definition) is 3. The Balaban J connectivity index is 0. The van der Waals surface area contributed by atoms with Gasteiger partial charge >= 0.3 is 7.25 Å². The predicted octanol–water partition coefficient (Wildman–Crippen LogP) is -0.290. The summed E-state index contributed by atoms with van der Waals surface area (Å²) in [4.78, 5) is 0. The van der Waals surface area contributed by atoms with E-state index in [0.29, 0.717) is 24.1 Å². The molecule has 3 N–H and O–H groups in total. The first kappa shape index (κ1) is 18.0. The minimum Gasteiger partial charge on any atom is -0.418 e. The first-order valence-electron chi connectivity index (χ1n) is 4.72. The maximum Gasteiger partial charge on any atom is 0.673 e. The highest BCUT2D eigenvalue weighted by atomic mass is 19.5. The van der Waals surface area contributed by atoms with E-state index >= 15 is 0 Å². The predicted molar refractivity (Wildman–Crippen MR) is 52.2 cm³/mol. The minimum absolute atomic E-state index is 0.0938. The molecule has 0 heterocycles. The summed E-state index contributed by atoms with van der Waals surface area (Å²) in [7, 11) is -4.09. The van der Waals surface area contributed by atoms with Gasteiger partial charge in [0.1, 0.15) is 19.6 Å². The lowest BCUT2D eigenvalue weighted by Crippen LogP contribution is -2.49. The van der Waals surface area contributed by atoms with E-state index in [1.54, 1.807) is 0 Å². The van der Waals surface area contributed by atoms with E-state index in [2.05, 4.69) is 0 Å². The molecule has 0 spiro atoms. The van der Waals surface area contributed by atoms with Gasteiger partial charge in [0, 0.05) is 0 Å². The van der Waals surface area contributed by atoms with Crippen molar-refractivity contribution >= 4 is 7.25 Å². The molecule has 0 radical (unpaired) electrons. The summed E-state index contributed by atoms with van der Waals surface area (Å²) in [6.45, 7) is 2.03. The average molecular weight is 251 g/mol. The molecule has 100 valence electrons. The van der Waals surface area contributed by atoms with Gasteiger partial charge in [0.15, 0.2) is 0 Å². The van der Waals surface area contributed by atoms with E-state index in [0.717, 1.165) is 0 Å². The maximum absolute atomic E-state index is 9.75. The average Bonchev–Trinajstić information content (AvgIpc) is 2.01. The van der Waals surface area contributed by atoms with E-state index in [-0.39, 0.29) is 19.8 Å². The van der Waals surface area contributed by atoms with E-state index in [9.17, 15) is 17.3 Å². The molecule has 0 saturated heterocycles. The quantitative estimate of drug-likeness (QED) is 0.345. The Labute approximate surface area is 91.8 Å². The molecule has 0 aromatic heterocycles. The maximum atomic E-state index is 9.75. The smallest absolute Gasteiger partial charge is 0.418 e. The molecular formula is C7H18BF4NO3. The van der Waals surface area contributed by atoms with Crippen molar-refractivity contribution in [2.45, 2.75) is 0 Å². The van der Waals surface area contributed by atoms with Crippen LogP contribution in [0.3, 0.4) is 0 Å². The first-order valence-corrected chi connectivity index (χ1v) is 4.72. The minimum atomic E-state index is -6.00. The molecular weight excluding hydrogens is 233 g/mol. The molecule has 0 aromatic carbocycles. The summed E-state index contributed by atoms with van der Waals surface area (Å²) in [5, 5.41) is 26.0. The Hall–Kier alpha value is -0.375. The van der Waals surface area contributed by atoms with Crippen LogP contribution in [0.2, 0.25) is 0 Å². The van der Waals surface area contributed by atoms with Crippen LogP contribution in [-0.2, 0) is 0 Å². The number of aliphatic hydroxyl groups is 3. The second-order valence-electron chi connectivity index (χ2n) is 3.46. The van der Waals surface area contributed by atoms with Gasteiger partial charge in [-0.05, 0) is 0 Å². The SMILES string of the molecule is C[N+](CCO)(CCO)CCO.F[B-](F)(F)F. The third kappa shape index (κ3) is 16.1. The number of hydrogen-bond acceptors (Lipinski definition) is 3. The topological polar surface area (TPSA) is 60.7 Å². The van der Waals surface area contributed by atoms with Gasteiger partial charge in [-0.25, -0.2) is 0 Å². The van der Waals surface area contributed by atoms with E-state index in [4.69, 9.17) is 15.3 Å². The van der Waals surface area contributed by atoms with Gasteiger partial charge in [0.2, 0.25) is 0 Å². The standard InChI is InChI=1S/C7H18NO3.BF4/c1-8(2-5-9,3-6-10)4-7-11;2-1(3,4)5/h9-11H,2-7H2,1H3;/q+1;-1. The van der Waals surface area contributed by atoms with Crippen LogP contribution in [-0.4, -0.2) is 73.6 Å². The first-order chi connectivity index (χ1) is 7.18. The molecule has 0 saturated carbocycles. The summed E-state index contributed by atoms with van der Waals surface area (Å²) < 4.78 is 39.5. The largest absolute Gasteiger partial charge is 0.673 e. The van der Waals surface area contributed by atoms with Gasteiger partial charge in [0.05, 0.1) is 26.9 Å². The second-order valence-corrected chi connectivity index (χ2v) is 3.46. The van der Waals surface area contributed by atoms with Crippen LogP contribution in [0.15, 0.2) is 0 Å². The number of nitrogens with zero attached hydrogens (tertiary/aromatic N) is 1. The highest BCUT2D eigenvalue weighted by molar-refractivity contribution is 6.50. The molecule has 0 aliphatic rings. The van der Waals surface area contributed by atoms with Crippen LogP contribution in [0.4, 0.5) is 17.3 Å². The molecule has 0 unspecified atom stereocenters. The third-order valence-electron chi connectivity index (χ3n) is 1.92. The Morgan fingerprint density at radius 3 is 1.12 bits per heavy atom. The van der Waals surface area contributed by atoms with Crippen molar-refractivity contribution in [3.8, 4) is 0 Å². The van der Waals surface area contributed by atoms with Gasteiger partial charge in [-0.2, -0.15) is 0 Å². The van der Waals surface area contributed by atoms with Gasteiger partial charge in [-0.3, -0.25) is 0 Å². The van der Waals surface area contributed by atoms with Crippen molar-refractivity contribution < 1.29 is 37.1 Å². The van der Waals surface area contributed by atoms with Crippen LogP contribution in [0.25, 0.3) is 0 Å².